The number of fused-ring (bicyclic) bond motifs is 12. The van der Waals surface area contributed by atoms with E-state index in [1.807, 2.05) is 24.3 Å². The lowest BCUT2D eigenvalue weighted by Gasteiger charge is -2.40. The van der Waals surface area contributed by atoms with Gasteiger partial charge < -0.3 is 14.5 Å². The standard InChI is InChI=1S/C58H37N3O2/c1-3-15-36(16-4-1)38-19-13-20-40(33-38)56-59-55(37-17-5-2-6-18-37)60-57(61-56)41-30-32-45-44-31-29-39(34-52(44)63-53(45)35-41)42-22-14-23-46-43-21-7-8-24-47(43)58(54(42)46)48-25-9-11-27-50(48)62-51-28-12-10-26-49(51)58/h1-35,56H,(H,59,60,61). The molecular weight excluding hydrogens is 771 g/mol. The molecule has 0 fully saturated rings. The summed E-state index contributed by atoms with van der Waals surface area (Å²) < 4.78 is 13.5. The van der Waals surface area contributed by atoms with E-state index in [9.17, 15) is 0 Å². The summed E-state index contributed by atoms with van der Waals surface area (Å²) in [6, 6.07) is 74.9. The van der Waals surface area contributed by atoms with E-state index < -0.39 is 11.6 Å². The number of nitrogens with one attached hydrogen (secondary N) is 1. The number of ether oxygens (including phenoxy) is 1. The first-order valence-electron chi connectivity index (χ1n) is 21.4. The molecule has 0 bridgehead atoms. The first-order valence-corrected chi connectivity index (χ1v) is 21.4. The smallest absolute Gasteiger partial charge is 0.169 e. The van der Waals surface area contributed by atoms with E-state index in [-0.39, 0.29) is 0 Å². The van der Waals surface area contributed by atoms with Crippen LogP contribution in [0.4, 0.5) is 0 Å². The van der Waals surface area contributed by atoms with Crippen molar-refractivity contribution in [1.82, 2.24) is 5.32 Å². The molecule has 0 saturated carbocycles. The van der Waals surface area contributed by atoms with E-state index in [1.54, 1.807) is 0 Å². The molecule has 0 amide bonds. The summed E-state index contributed by atoms with van der Waals surface area (Å²) in [5.41, 5.74) is 15.8. The number of benzene rings is 9. The lowest BCUT2D eigenvalue weighted by Crippen LogP contribution is -2.36. The minimum atomic E-state index is -0.581. The molecular formula is C58H37N3O2. The summed E-state index contributed by atoms with van der Waals surface area (Å²) in [6.45, 7) is 0. The van der Waals surface area contributed by atoms with Gasteiger partial charge in [0.1, 0.15) is 34.3 Å². The van der Waals surface area contributed by atoms with Gasteiger partial charge in [-0.05, 0) is 92.5 Å². The molecule has 3 heterocycles. The second-order valence-electron chi connectivity index (χ2n) is 16.5. The van der Waals surface area contributed by atoms with Crippen molar-refractivity contribution in [3.63, 3.8) is 0 Å². The average Bonchev–Trinajstić information content (AvgIpc) is 3.87. The highest BCUT2D eigenvalue weighted by atomic mass is 16.5. The van der Waals surface area contributed by atoms with Gasteiger partial charge in [0.15, 0.2) is 6.17 Å². The number of hydrogen-bond donors (Lipinski definition) is 1. The van der Waals surface area contributed by atoms with Gasteiger partial charge in [-0.15, -0.1) is 0 Å². The predicted molar refractivity (Wildman–Crippen MR) is 254 cm³/mol. The van der Waals surface area contributed by atoms with Gasteiger partial charge in [-0.1, -0.05) is 170 Å². The highest BCUT2D eigenvalue weighted by Crippen LogP contribution is 2.63. The van der Waals surface area contributed by atoms with Crippen LogP contribution in [0.1, 0.15) is 45.1 Å². The Bertz CT molecular complexity index is 3480. The van der Waals surface area contributed by atoms with Crippen molar-refractivity contribution < 1.29 is 9.15 Å². The van der Waals surface area contributed by atoms with Crippen LogP contribution in [0.5, 0.6) is 11.5 Å². The lowest BCUT2D eigenvalue weighted by molar-refractivity contribution is 0.436. The Labute approximate surface area is 364 Å². The van der Waals surface area contributed by atoms with Crippen molar-refractivity contribution in [2.45, 2.75) is 11.6 Å². The lowest BCUT2D eigenvalue weighted by atomic mass is 9.64. The van der Waals surface area contributed by atoms with Gasteiger partial charge in [-0.2, -0.15) is 0 Å². The third-order valence-corrected chi connectivity index (χ3v) is 13.0. The second kappa shape index (κ2) is 13.9. The normalized spacial score (nSPS) is 15.4. The minimum absolute atomic E-state index is 0.439. The van der Waals surface area contributed by atoms with Crippen LogP contribution < -0.4 is 10.1 Å². The first-order chi connectivity index (χ1) is 31.2. The van der Waals surface area contributed by atoms with Gasteiger partial charge in [0, 0.05) is 33.0 Å². The van der Waals surface area contributed by atoms with Gasteiger partial charge >= 0.3 is 0 Å². The molecule has 1 aromatic heterocycles. The quantitative estimate of drug-likeness (QED) is 0.188. The summed E-state index contributed by atoms with van der Waals surface area (Å²) >= 11 is 0. The molecule has 1 atom stereocenters. The number of hydrogen-bond acceptors (Lipinski definition) is 5. The van der Waals surface area contributed by atoms with Crippen molar-refractivity contribution >= 4 is 33.6 Å². The largest absolute Gasteiger partial charge is 0.457 e. The third-order valence-electron chi connectivity index (χ3n) is 13.0. The zero-order chi connectivity index (χ0) is 41.5. The maximum atomic E-state index is 6.83. The fourth-order valence-corrected chi connectivity index (χ4v) is 10.2. The topological polar surface area (TPSA) is 59.1 Å². The van der Waals surface area contributed by atoms with E-state index >= 15 is 0 Å². The number of para-hydroxylation sites is 2. The van der Waals surface area contributed by atoms with Crippen LogP contribution in [0.3, 0.4) is 0 Å². The van der Waals surface area contributed by atoms with E-state index in [0.717, 1.165) is 95.2 Å². The molecule has 1 unspecified atom stereocenters. The number of aliphatic imine (C=N–C) groups is 2. The SMILES string of the molecule is c1ccc(C2=NC(c3cccc(-c4ccccc4)c3)N=C(c3ccc4c(c3)oc3cc(-c5cccc6c5C5(c7ccccc7Oc7ccccc75)c5ccccc5-6)ccc34)N2)cc1. The van der Waals surface area contributed by atoms with Crippen molar-refractivity contribution in [1.29, 1.82) is 0 Å². The first kappa shape index (κ1) is 35.5. The summed E-state index contributed by atoms with van der Waals surface area (Å²) in [7, 11) is 0. The molecule has 296 valence electrons. The molecule has 1 aliphatic carbocycles. The van der Waals surface area contributed by atoms with Gasteiger partial charge in [0.05, 0.1) is 5.41 Å². The van der Waals surface area contributed by atoms with Crippen molar-refractivity contribution in [2.75, 3.05) is 0 Å². The molecule has 5 nitrogen and oxygen atoms in total. The Morgan fingerprint density at radius 2 is 0.937 bits per heavy atom. The number of furan rings is 1. The van der Waals surface area contributed by atoms with Crippen molar-refractivity contribution in [2.24, 2.45) is 9.98 Å². The van der Waals surface area contributed by atoms with Crippen LogP contribution in [-0.2, 0) is 5.41 Å². The molecule has 13 rings (SSSR count). The molecule has 3 aliphatic rings. The summed E-state index contributed by atoms with van der Waals surface area (Å²) in [5, 5.41) is 5.70. The monoisotopic (exact) mass is 807 g/mol. The second-order valence-corrected chi connectivity index (χ2v) is 16.5. The van der Waals surface area contributed by atoms with Crippen LogP contribution >= 0.6 is 0 Å². The Balaban J connectivity index is 0.935. The molecule has 2 aliphatic heterocycles. The maximum absolute atomic E-state index is 6.83. The van der Waals surface area contributed by atoms with Crippen LogP contribution in [0.2, 0.25) is 0 Å². The molecule has 0 radical (unpaired) electrons. The van der Waals surface area contributed by atoms with Crippen LogP contribution in [0.25, 0.3) is 55.3 Å². The average molecular weight is 808 g/mol. The van der Waals surface area contributed by atoms with E-state index in [2.05, 4.69) is 193 Å². The zero-order valence-corrected chi connectivity index (χ0v) is 34.0. The molecule has 63 heavy (non-hydrogen) atoms. The van der Waals surface area contributed by atoms with Gasteiger partial charge in [0.25, 0.3) is 0 Å². The van der Waals surface area contributed by atoms with Crippen molar-refractivity contribution in [3.8, 4) is 44.9 Å². The van der Waals surface area contributed by atoms with E-state index in [4.69, 9.17) is 19.1 Å². The fourth-order valence-electron chi connectivity index (χ4n) is 10.2. The van der Waals surface area contributed by atoms with Gasteiger partial charge in [-0.25, -0.2) is 9.98 Å². The summed E-state index contributed by atoms with van der Waals surface area (Å²) in [4.78, 5) is 10.4. The molecule has 1 spiro atoms. The Kier molecular flexibility index (Phi) is 7.81. The highest BCUT2D eigenvalue weighted by molar-refractivity contribution is 6.17. The number of rotatable bonds is 5. The number of nitrogens with zero attached hydrogens (tertiary/aromatic N) is 2. The molecule has 5 heteroatoms. The molecule has 10 aromatic rings. The van der Waals surface area contributed by atoms with Crippen molar-refractivity contribution in [3.05, 3.63) is 251 Å². The molecule has 9 aromatic carbocycles. The number of amidine groups is 2. The third kappa shape index (κ3) is 5.43. The van der Waals surface area contributed by atoms with E-state index in [0.29, 0.717) is 0 Å². The van der Waals surface area contributed by atoms with Gasteiger partial charge in [-0.3, -0.25) is 0 Å². The Morgan fingerprint density at radius 3 is 1.67 bits per heavy atom. The zero-order valence-electron chi connectivity index (χ0n) is 34.0. The maximum Gasteiger partial charge on any atom is 0.169 e. The van der Waals surface area contributed by atoms with Crippen LogP contribution in [0.15, 0.2) is 227 Å². The predicted octanol–water partition coefficient (Wildman–Crippen LogP) is 13.9. The van der Waals surface area contributed by atoms with Crippen LogP contribution in [-0.4, -0.2) is 11.7 Å². The Hall–Kier alpha value is -8.28. The van der Waals surface area contributed by atoms with Gasteiger partial charge in [0.2, 0.25) is 0 Å². The van der Waals surface area contributed by atoms with Crippen LogP contribution in [0, 0.1) is 0 Å². The van der Waals surface area contributed by atoms with E-state index in [1.165, 1.54) is 22.3 Å². The highest BCUT2D eigenvalue weighted by Gasteiger charge is 2.52. The Morgan fingerprint density at radius 1 is 0.397 bits per heavy atom. The summed E-state index contributed by atoms with van der Waals surface area (Å²) in [5.74, 6) is 3.27. The molecule has 0 saturated heterocycles. The molecule has 1 N–H and O–H groups in total. The summed E-state index contributed by atoms with van der Waals surface area (Å²) in [6.07, 6.45) is -0.439. The minimum Gasteiger partial charge on any atom is -0.457 e. The fraction of sp³-hybridized carbons (Fsp3) is 0.0345.